The first kappa shape index (κ1) is 13.8. The molecular weight excluding hydrogens is 264 g/mol. The van der Waals surface area contributed by atoms with E-state index in [1.807, 2.05) is 0 Å². The van der Waals surface area contributed by atoms with Gasteiger partial charge in [0.25, 0.3) is 0 Å². The normalized spacial score (nSPS) is 17.8. The monoisotopic (exact) mass is 288 g/mol. The minimum absolute atomic E-state index is 0.827. The zero-order valence-corrected chi connectivity index (χ0v) is 13.4. The lowest BCUT2D eigenvalue weighted by molar-refractivity contribution is 0.420. The first-order valence-corrected chi connectivity index (χ1v) is 8.71. The Morgan fingerprint density at radius 3 is 1.82 bits per heavy atom. The number of rotatable bonds is 3. The summed E-state index contributed by atoms with van der Waals surface area (Å²) in [6.45, 7) is 2.27. The molecule has 0 aromatic heterocycles. The van der Waals surface area contributed by atoms with E-state index in [-0.39, 0.29) is 0 Å². The predicted molar refractivity (Wildman–Crippen MR) is 94.9 cm³/mol. The SMILES string of the molecule is CC(=C1CCC1)c1ccc(-c2ccc(C3CCC3)cc2)cc1. The van der Waals surface area contributed by atoms with Crippen molar-refractivity contribution in [1.82, 2.24) is 0 Å². The van der Waals surface area contributed by atoms with Gasteiger partial charge in [0.15, 0.2) is 0 Å². The molecule has 0 N–H and O–H groups in total. The maximum atomic E-state index is 2.33. The molecule has 112 valence electrons. The molecule has 2 aliphatic carbocycles. The minimum atomic E-state index is 0.827. The summed E-state index contributed by atoms with van der Waals surface area (Å²) in [6.07, 6.45) is 8.14. The van der Waals surface area contributed by atoms with Crippen molar-refractivity contribution < 1.29 is 0 Å². The van der Waals surface area contributed by atoms with Crippen molar-refractivity contribution in [2.75, 3.05) is 0 Å². The van der Waals surface area contributed by atoms with Gasteiger partial charge in [-0.2, -0.15) is 0 Å². The Kier molecular flexibility index (Phi) is 3.62. The van der Waals surface area contributed by atoms with Crippen LogP contribution in [0.2, 0.25) is 0 Å². The molecule has 0 spiro atoms. The van der Waals surface area contributed by atoms with Crippen LogP contribution < -0.4 is 0 Å². The van der Waals surface area contributed by atoms with Crippen LogP contribution in [0.15, 0.2) is 54.1 Å². The van der Waals surface area contributed by atoms with Crippen LogP contribution in [0.25, 0.3) is 16.7 Å². The van der Waals surface area contributed by atoms with Crippen LogP contribution in [0.3, 0.4) is 0 Å². The largest absolute Gasteiger partial charge is 0.0667 e. The van der Waals surface area contributed by atoms with E-state index in [1.165, 1.54) is 66.4 Å². The van der Waals surface area contributed by atoms with Crippen LogP contribution in [0, 0.1) is 0 Å². The fourth-order valence-electron chi connectivity index (χ4n) is 3.53. The van der Waals surface area contributed by atoms with Gasteiger partial charge in [-0.25, -0.2) is 0 Å². The smallest absolute Gasteiger partial charge is 0.0162 e. The van der Waals surface area contributed by atoms with Gasteiger partial charge >= 0.3 is 0 Å². The molecule has 0 unspecified atom stereocenters. The van der Waals surface area contributed by atoms with Gasteiger partial charge in [0, 0.05) is 0 Å². The average Bonchev–Trinajstić information content (AvgIpc) is 2.45. The zero-order valence-electron chi connectivity index (χ0n) is 13.4. The lowest BCUT2D eigenvalue weighted by Gasteiger charge is -2.25. The molecule has 2 fully saturated rings. The summed E-state index contributed by atoms with van der Waals surface area (Å²) >= 11 is 0. The first-order chi connectivity index (χ1) is 10.8. The number of benzene rings is 2. The van der Waals surface area contributed by atoms with E-state index in [2.05, 4.69) is 55.5 Å². The lowest BCUT2D eigenvalue weighted by atomic mass is 9.80. The molecule has 2 aliphatic rings. The quantitative estimate of drug-likeness (QED) is 0.598. The molecule has 22 heavy (non-hydrogen) atoms. The molecule has 0 heterocycles. The second-order valence-corrected chi connectivity index (χ2v) is 6.91. The Morgan fingerprint density at radius 2 is 1.36 bits per heavy atom. The van der Waals surface area contributed by atoms with E-state index >= 15 is 0 Å². The van der Waals surface area contributed by atoms with E-state index in [1.54, 1.807) is 5.57 Å². The fraction of sp³-hybridized carbons (Fsp3) is 0.364. The Bertz CT molecular complexity index is 676. The summed E-state index contributed by atoms with van der Waals surface area (Å²) < 4.78 is 0. The molecular formula is C22H24. The van der Waals surface area contributed by atoms with Crippen molar-refractivity contribution >= 4 is 5.57 Å². The Morgan fingerprint density at radius 1 is 0.773 bits per heavy atom. The lowest BCUT2D eigenvalue weighted by Crippen LogP contribution is -2.08. The Labute approximate surface area is 133 Å². The molecule has 0 amide bonds. The number of allylic oxidation sites excluding steroid dienone is 2. The molecule has 0 radical (unpaired) electrons. The molecule has 2 aromatic carbocycles. The van der Waals surface area contributed by atoms with Gasteiger partial charge in [-0.15, -0.1) is 0 Å². The van der Waals surface area contributed by atoms with Crippen molar-refractivity contribution in [3.63, 3.8) is 0 Å². The molecule has 0 bridgehead atoms. The zero-order chi connectivity index (χ0) is 14.9. The fourth-order valence-corrected chi connectivity index (χ4v) is 3.53. The van der Waals surface area contributed by atoms with Crippen molar-refractivity contribution in [3.05, 3.63) is 65.2 Å². The van der Waals surface area contributed by atoms with Crippen LogP contribution in [-0.2, 0) is 0 Å². The van der Waals surface area contributed by atoms with Crippen LogP contribution in [0.5, 0.6) is 0 Å². The maximum absolute atomic E-state index is 2.33. The van der Waals surface area contributed by atoms with Crippen molar-refractivity contribution in [2.45, 2.75) is 51.4 Å². The van der Waals surface area contributed by atoms with Crippen LogP contribution in [0.4, 0.5) is 0 Å². The molecule has 4 rings (SSSR count). The molecule has 0 saturated heterocycles. The second-order valence-electron chi connectivity index (χ2n) is 6.91. The van der Waals surface area contributed by atoms with Gasteiger partial charge in [-0.1, -0.05) is 60.5 Å². The third-order valence-corrected chi connectivity index (χ3v) is 5.63. The van der Waals surface area contributed by atoms with Crippen molar-refractivity contribution in [1.29, 1.82) is 0 Å². The van der Waals surface area contributed by atoms with Crippen molar-refractivity contribution in [3.8, 4) is 11.1 Å². The summed E-state index contributed by atoms with van der Waals surface area (Å²) in [4.78, 5) is 0. The van der Waals surface area contributed by atoms with E-state index in [0.717, 1.165) is 5.92 Å². The highest BCUT2D eigenvalue weighted by molar-refractivity contribution is 5.72. The van der Waals surface area contributed by atoms with E-state index in [9.17, 15) is 0 Å². The second kappa shape index (κ2) is 5.76. The van der Waals surface area contributed by atoms with Gasteiger partial charge in [0.05, 0.1) is 0 Å². The van der Waals surface area contributed by atoms with Gasteiger partial charge in [-0.05, 0) is 72.8 Å². The van der Waals surface area contributed by atoms with Gasteiger partial charge in [0.2, 0.25) is 0 Å². The van der Waals surface area contributed by atoms with E-state index < -0.39 is 0 Å². The minimum Gasteiger partial charge on any atom is -0.0667 e. The predicted octanol–water partition coefficient (Wildman–Crippen LogP) is 6.58. The highest BCUT2D eigenvalue weighted by atomic mass is 14.2. The van der Waals surface area contributed by atoms with Gasteiger partial charge < -0.3 is 0 Å². The third-order valence-electron chi connectivity index (χ3n) is 5.63. The molecule has 2 aromatic rings. The van der Waals surface area contributed by atoms with Gasteiger partial charge in [0.1, 0.15) is 0 Å². The van der Waals surface area contributed by atoms with Crippen LogP contribution in [-0.4, -0.2) is 0 Å². The topological polar surface area (TPSA) is 0 Å². The number of hydrogen-bond donors (Lipinski definition) is 0. The van der Waals surface area contributed by atoms with Crippen LogP contribution >= 0.6 is 0 Å². The van der Waals surface area contributed by atoms with E-state index in [4.69, 9.17) is 0 Å². The number of hydrogen-bond acceptors (Lipinski definition) is 0. The molecule has 0 nitrogen and oxygen atoms in total. The Hall–Kier alpha value is -1.82. The molecule has 0 heteroatoms. The standard InChI is InChI=1S/C22H24/c1-16(17-4-2-5-17)18-8-10-21(11-9-18)22-14-12-20(13-15-22)19-6-3-7-19/h8-15,19H,2-7H2,1H3. The van der Waals surface area contributed by atoms with Crippen LogP contribution in [0.1, 0.15) is 62.5 Å². The summed E-state index contributed by atoms with van der Waals surface area (Å²) in [6, 6.07) is 18.4. The molecule has 0 atom stereocenters. The highest BCUT2D eigenvalue weighted by Crippen LogP contribution is 2.37. The summed E-state index contributed by atoms with van der Waals surface area (Å²) in [5.74, 6) is 0.827. The van der Waals surface area contributed by atoms with Gasteiger partial charge in [-0.3, -0.25) is 0 Å². The summed E-state index contributed by atoms with van der Waals surface area (Å²) in [5, 5.41) is 0. The maximum Gasteiger partial charge on any atom is -0.0162 e. The molecule has 2 saturated carbocycles. The molecule has 0 aliphatic heterocycles. The van der Waals surface area contributed by atoms with E-state index in [0.29, 0.717) is 0 Å². The van der Waals surface area contributed by atoms with Crippen molar-refractivity contribution in [2.24, 2.45) is 0 Å². The third kappa shape index (κ3) is 2.52. The summed E-state index contributed by atoms with van der Waals surface area (Å²) in [7, 11) is 0. The summed E-state index contributed by atoms with van der Waals surface area (Å²) in [5.41, 5.74) is 8.73. The first-order valence-electron chi connectivity index (χ1n) is 8.71. The Balaban J connectivity index is 1.55. The highest BCUT2D eigenvalue weighted by Gasteiger charge is 2.19. The average molecular weight is 288 g/mol.